The summed E-state index contributed by atoms with van der Waals surface area (Å²) in [6.45, 7) is 0.288. The van der Waals surface area contributed by atoms with Gasteiger partial charge in [-0.2, -0.15) is 0 Å². The zero-order chi connectivity index (χ0) is 19.3. The molecule has 146 valence electrons. The number of ether oxygens (including phenoxy) is 2. The highest BCUT2D eigenvalue weighted by atomic mass is 19.4. The van der Waals surface area contributed by atoms with E-state index >= 15 is 0 Å². The van der Waals surface area contributed by atoms with Gasteiger partial charge < -0.3 is 15.4 Å². The van der Waals surface area contributed by atoms with E-state index in [1.54, 1.807) is 19.2 Å². The Balaban J connectivity index is 1.85. The standard InChI is InChI=1S/C20H23F3N2O2/c1-26-18-10-9-15(25-13-27-20(21,22)23)12-17(18)16-8-5-11-24-19(16)14-6-3-2-4-7-14/h2-4,6-7,9-10,12,16,19,24-25H,5,8,11,13H2,1H3. The van der Waals surface area contributed by atoms with Crippen molar-refractivity contribution in [3.63, 3.8) is 0 Å². The van der Waals surface area contributed by atoms with Crippen LogP contribution in [0.25, 0.3) is 0 Å². The first-order valence-electron chi connectivity index (χ1n) is 8.89. The fourth-order valence-electron chi connectivity index (χ4n) is 3.57. The number of halogens is 3. The lowest BCUT2D eigenvalue weighted by Gasteiger charge is -2.34. The number of alkyl halides is 3. The minimum Gasteiger partial charge on any atom is -0.496 e. The van der Waals surface area contributed by atoms with Crippen LogP contribution in [0.1, 0.15) is 35.9 Å². The van der Waals surface area contributed by atoms with E-state index in [0.717, 1.165) is 30.7 Å². The first-order chi connectivity index (χ1) is 13.0. The minimum atomic E-state index is -4.66. The van der Waals surface area contributed by atoms with Gasteiger partial charge in [0, 0.05) is 23.2 Å². The fourth-order valence-corrected chi connectivity index (χ4v) is 3.57. The third-order valence-corrected chi connectivity index (χ3v) is 4.76. The second-order valence-electron chi connectivity index (χ2n) is 6.46. The minimum absolute atomic E-state index is 0.121. The van der Waals surface area contributed by atoms with Crippen molar-refractivity contribution in [2.45, 2.75) is 31.2 Å². The molecule has 2 atom stereocenters. The molecule has 1 heterocycles. The average Bonchev–Trinajstić information content (AvgIpc) is 2.67. The summed E-state index contributed by atoms with van der Waals surface area (Å²) in [5.74, 6) is 0.883. The fraction of sp³-hybridized carbons (Fsp3) is 0.400. The molecule has 0 bridgehead atoms. The molecule has 1 saturated heterocycles. The molecule has 27 heavy (non-hydrogen) atoms. The lowest BCUT2D eigenvalue weighted by atomic mass is 9.81. The maximum Gasteiger partial charge on any atom is 0.524 e. The molecule has 1 aliphatic heterocycles. The highest BCUT2D eigenvalue weighted by molar-refractivity contribution is 5.53. The molecule has 2 aromatic carbocycles. The number of methoxy groups -OCH3 is 1. The number of rotatable bonds is 6. The van der Waals surface area contributed by atoms with Crippen LogP contribution in [0.4, 0.5) is 18.9 Å². The van der Waals surface area contributed by atoms with Gasteiger partial charge in [0.25, 0.3) is 0 Å². The van der Waals surface area contributed by atoms with Crippen molar-refractivity contribution in [2.24, 2.45) is 0 Å². The third kappa shape index (κ3) is 5.14. The average molecular weight is 380 g/mol. The summed E-state index contributed by atoms with van der Waals surface area (Å²) in [5.41, 5.74) is 2.71. The predicted octanol–water partition coefficient (Wildman–Crippen LogP) is 4.81. The van der Waals surface area contributed by atoms with Crippen LogP contribution in [0, 0.1) is 0 Å². The van der Waals surface area contributed by atoms with Gasteiger partial charge in [0.1, 0.15) is 12.5 Å². The van der Waals surface area contributed by atoms with Gasteiger partial charge in [-0.15, -0.1) is 13.2 Å². The summed E-state index contributed by atoms with van der Waals surface area (Å²) >= 11 is 0. The van der Waals surface area contributed by atoms with Crippen molar-refractivity contribution in [3.05, 3.63) is 59.7 Å². The van der Waals surface area contributed by atoms with E-state index in [2.05, 4.69) is 27.5 Å². The van der Waals surface area contributed by atoms with Gasteiger partial charge in [-0.3, -0.25) is 4.74 Å². The summed E-state index contributed by atoms with van der Waals surface area (Å²) in [4.78, 5) is 0. The van der Waals surface area contributed by atoms with Gasteiger partial charge in [-0.1, -0.05) is 30.3 Å². The smallest absolute Gasteiger partial charge is 0.496 e. The third-order valence-electron chi connectivity index (χ3n) is 4.76. The Labute approximate surface area is 156 Å². The lowest BCUT2D eigenvalue weighted by molar-refractivity contribution is -0.321. The summed E-state index contributed by atoms with van der Waals surface area (Å²) in [5, 5.41) is 6.24. The van der Waals surface area contributed by atoms with Crippen LogP contribution in [0.5, 0.6) is 5.75 Å². The lowest BCUT2D eigenvalue weighted by Crippen LogP contribution is -2.33. The van der Waals surface area contributed by atoms with Gasteiger partial charge in [0.05, 0.1) is 7.11 Å². The Morgan fingerprint density at radius 3 is 2.63 bits per heavy atom. The Morgan fingerprint density at radius 1 is 1.15 bits per heavy atom. The van der Waals surface area contributed by atoms with E-state index in [0.29, 0.717) is 5.69 Å². The quantitative estimate of drug-likeness (QED) is 0.706. The Hall–Kier alpha value is -2.25. The number of benzene rings is 2. The van der Waals surface area contributed by atoms with Crippen molar-refractivity contribution < 1.29 is 22.6 Å². The molecule has 3 rings (SSSR count). The van der Waals surface area contributed by atoms with Crippen LogP contribution in [0.15, 0.2) is 48.5 Å². The molecule has 2 aromatic rings. The molecule has 7 heteroatoms. The highest BCUT2D eigenvalue weighted by Gasteiger charge is 2.30. The van der Waals surface area contributed by atoms with Crippen LogP contribution in [0.2, 0.25) is 0 Å². The van der Waals surface area contributed by atoms with E-state index in [1.807, 2.05) is 24.3 Å². The molecule has 2 N–H and O–H groups in total. The molecule has 0 spiro atoms. The van der Waals surface area contributed by atoms with E-state index in [9.17, 15) is 13.2 Å². The second-order valence-corrected chi connectivity index (χ2v) is 6.46. The van der Waals surface area contributed by atoms with Crippen molar-refractivity contribution >= 4 is 5.69 Å². The van der Waals surface area contributed by atoms with Crippen LogP contribution >= 0.6 is 0 Å². The zero-order valence-electron chi connectivity index (χ0n) is 15.1. The monoisotopic (exact) mass is 380 g/mol. The van der Waals surface area contributed by atoms with Gasteiger partial charge >= 0.3 is 6.36 Å². The number of hydrogen-bond donors (Lipinski definition) is 2. The molecule has 0 aliphatic carbocycles. The van der Waals surface area contributed by atoms with E-state index in [1.165, 1.54) is 5.56 Å². The van der Waals surface area contributed by atoms with Gasteiger partial charge in [-0.25, -0.2) is 0 Å². The van der Waals surface area contributed by atoms with Crippen LogP contribution < -0.4 is 15.4 Å². The van der Waals surface area contributed by atoms with Gasteiger partial charge in [0.15, 0.2) is 0 Å². The van der Waals surface area contributed by atoms with Gasteiger partial charge in [0.2, 0.25) is 0 Å². The molecule has 0 radical (unpaired) electrons. The molecule has 1 fully saturated rings. The second kappa shape index (κ2) is 8.63. The van der Waals surface area contributed by atoms with Gasteiger partial charge in [-0.05, 0) is 43.1 Å². The van der Waals surface area contributed by atoms with E-state index in [-0.39, 0.29) is 12.0 Å². The molecule has 0 aromatic heterocycles. The summed E-state index contributed by atoms with van der Waals surface area (Å²) in [6, 6.07) is 15.6. The van der Waals surface area contributed by atoms with Crippen LogP contribution in [-0.4, -0.2) is 26.7 Å². The van der Waals surface area contributed by atoms with Crippen molar-refractivity contribution in [3.8, 4) is 5.75 Å². The van der Waals surface area contributed by atoms with Crippen LogP contribution in [0.3, 0.4) is 0 Å². The molecular formula is C20H23F3N2O2. The number of nitrogens with one attached hydrogen (secondary N) is 2. The zero-order valence-corrected chi connectivity index (χ0v) is 15.1. The topological polar surface area (TPSA) is 42.5 Å². The molecule has 4 nitrogen and oxygen atoms in total. The molecule has 2 unspecified atom stereocenters. The van der Waals surface area contributed by atoms with Crippen molar-refractivity contribution in [1.29, 1.82) is 0 Å². The SMILES string of the molecule is COc1ccc(NCOC(F)(F)F)cc1C1CCCNC1c1ccccc1. The predicted molar refractivity (Wildman–Crippen MR) is 97.8 cm³/mol. The molecule has 0 saturated carbocycles. The maximum atomic E-state index is 12.2. The van der Waals surface area contributed by atoms with Crippen molar-refractivity contribution in [2.75, 3.05) is 25.7 Å². The number of anilines is 1. The number of piperidine rings is 1. The summed E-state index contributed by atoms with van der Waals surface area (Å²) in [7, 11) is 1.60. The molecule has 0 amide bonds. The molecule has 1 aliphatic rings. The van der Waals surface area contributed by atoms with Crippen molar-refractivity contribution in [1.82, 2.24) is 5.32 Å². The van der Waals surface area contributed by atoms with E-state index in [4.69, 9.17) is 4.74 Å². The van der Waals surface area contributed by atoms with E-state index < -0.39 is 13.1 Å². The van der Waals surface area contributed by atoms with Crippen LogP contribution in [-0.2, 0) is 4.74 Å². The summed E-state index contributed by atoms with van der Waals surface area (Å²) in [6.07, 6.45) is -2.68. The first kappa shape index (κ1) is 19.5. The normalized spacial score (nSPS) is 20.3. The largest absolute Gasteiger partial charge is 0.524 e. The molecular weight excluding hydrogens is 357 g/mol. The maximum absolute atomic E-state index is 12.2. The summed E-state index contributed by atoms with van der Waals surface area (Å²) < 4.78 is 45.9. The Kier molecular flexibility index (Phi) is 6.23. The first-order valence-corrected chi connectivity index (χ1v) is 8.89. The Morgan fingerprint density at radius 2 is 1.93 bits per heavy atom. The number of hydrogen-bond acceptors (Lipinski definition) is 4. The highest BCUT2D eigenvalue weighted by Crippen LogP contribution is 2.42. The Bertz CT molecular complexity index is 738.